The maximum absolute atomic E-state index is 13.0. The van der Waals surface area contributed by atoms with Gasteiger partial charge in [-0.15, -0.1) is 0 Å². The molecular formula is C19H23FN2O2. The molecule has 0 amide bonds. The molecule has 0 bridgehead atoms. The van der Waals surface area contributed by atoms with Crippen LogP contribution >= 0.6 is 0 Å². The van der Waals surface area contributed by atoms with Gasteiger partial charge in [-0.3, -0.25) is 4.90 Å². The summed E-state index contributed by atoms with van der Waals surface area (Å²) in [6, 6.07) is 12.7. The fraction of sp³-hybridized carbons (Fsp3) is 0.368. The van der Waals surface area contributed by atoms with Crippen molar-refractivity contribution in [3.8, 4) is 11.5 Å². The molecule has 128 valence electrons. The Morgan fingerprint density at radius 3 is 2.25 bits per heavy atom. The molecule has 1 saturated heterocycles. The zero-order chi connectivity index (χ0) is 16.9. The van der Waals surface area contributed by atoms with Crippen LogP contribution in [-0.2, 0) is 6.54 Å². The van der Waals surface area contributed by atoms with Crippen molar-refractivity contribution >= 4 is 5.69 Å². The van der Waals surface area contributed by atoms with Crippen LogP contribution in [0, 0.1) is 5.82 Å². The van der Waals surface area contributed by atoms with E-state index in [-0.39, 0.29) is 5.82 Å². The van der Waals surface area contributed by atoms with Crippen molar-refractivity contribution < 1.29 is 13.9 Å². The second kappa shape index (κ2) is 7.53. The molecule has 1 aliphatic rings. The number of hydrogen-bond donors (Lipinski definition) is 0. The molecule has 0 atom stereocenters. The van der Waals surface area contributed by atoms with Crippen LogP contribution in [0.25, 0.3) is 0 Å². The topological polar surface area (TPSA) is 24.9 Å². The van der Waals surface area contributed by atoms with Gasteiger partial charge < -0.3 is 14.4 Å². The van der Waals surface area contributed by atoms with Crippen molar-refractivity contribution in [2.24, 2.45) is 0 Å². The lowest BCUT2D eigenvalue weighted by molar-refractivity contribution is 0.244. The van der Waals surface area contributed by atoms with Crippen LogP contribution in [0.5, 0.6) is 11.5 Å². The Hall–Kier alpha value is -2.27. The molecule has 0 N–H and O–H groups in total. The van der Waals surface area contributed by atoms with E-state index in [1.165, 1.54) is 12.1 Å². The molecule has 0 saturated carbocycles. The van der Waals surface area contributed by atoms with Gasteiger partial charge in [0.05, 0.1) is 14.2 Å². The summed E-state index contributed by atoms with van der Waals surface area (Å²) in [7, 11) is 3.33. The molecule has 2 aromatic rings. The van der Waals surface area contributed by atoms with E-state index in [1.807, 2.05) is 24.3 Å². The van der Waals surface area contributed by atoms with Gasteiger partial charge in [-0.25, -0.2) is 4.39 Å². The molecule has 0 spiro atoms. The molecule has 0 aromatic heterocycles. The van der Waals surface area contributed by atoms with Gasteiger partial charge in [0.25, 0.3) is 0 Å². The van der Waals surface area contributed by atoms with Crippen LogP contribution in [-0.4, -0.2) is 45.3 Å². The van der Waals surface area contributed by atoms with E-state index >= 15 is 0 Å². The van der Waals surface area contributed by atoms with Gasteiger partial charge in [0.15, 0.2) is 11.5 Å². The summed E-state index contributed by atoms with van der Waals surface area (Å²) in [4.78, 5) is 4.69. The van der Waals surface area contributed by atoms with Crippen molar-refractivity contribution in [1.82, 2.24) is 4.90 Å². The third-order valence-corrected chi connectivity index (χ3v) is 4.44. The van der Waals surface area contributed by atoms with E-state index in [1.54, 1.807) is 14.2 Å². The van der Waals surface area contributed by atoms with E-state index in [9.17, 15) is 4.39 Å². The molecule has 24 heavy (non-hydrogen) atoms. The molecule has 5 heteroatoms. The largest absolute Gasteiger partial charge is 0.493 e. The zero-order valence-electron chi connectivity index (χ0n) is 14.2. The predicted octanol–water partition coefficient (Wildman–Crippen LogP) is 3.17. The lowest BCUT2D eigenvalue weighted by Gasteiger charge is -2.36. The van der Waals surface area contributed by atoms with Gasteiger partial charge >= 0.3 is 0 Å². The third kappa shape index (κ3) is 3.62. The quantitative estimate of drug-likeness (QED) is 0.841. The number of nitrogens with zero attached hydrogens (tertiary/aromatic N) is 2. The summed E-state index contributed by atoms with van der Waals surface area (Å²) in [5.74, 6) is 1.38. The van der Waals surface area contributed by atoms with Crippen LogP contribution in [0.3, 0.4) is 0 Å². The highest BCUT2D eigenvalue weighted by Crippen LogP contribution is 2.31. The summed E-state index contributed by atoms with van der Waals surface area (Å²) in [5.41, 5.74) is 2.21. The van der Waals surface area contributed by atoms with Gasteiger partial charge in [-0.05, 0) is 30.3 Å². The van der Waals surface area contributed by atoms with Crippen LogP contribution in [0.2, 0.25) is 0 Å². The van der Waals surface area contributed by atoms with Crippen LogP contribution in [0.4, 0.5) is 10.1 Å². The maximum Gasteiger partial charge on any atom is 0.165 e. The SMILES string of the molecule is COc1cccc(CN2CCN(c3ccc(F)cc3)CC2)c1OC. The summed E-state index contributed by atoms with van der Waals surface area (Å²) < 4.78 is 23.9. The normalized spacial score (nSPS) is 15.4. The van der Waals surface area contributed by atoms with E-state index < -0.39 is 0 Å². The molecule has 2 aromatic carbocycles. The number of hydrogen-bond acceptors (Lipinski definition) is 4. The summed E-state index contributed by atoms with van der Waals surface area (Å²) in [6.45, 7) is 4.60. The molecule has 1 fully saturated rings. The lowest BCUT2D eigenvalue weighted by atomic mass is 10.1. The monoisotopic (exact) mass is 330 g/mol. The van der Waals surface area contributed by atoms with E-state index in [0.717, 1.165) is 55.5 Å². The highest BCUT2D eigenvalue weighted by Gasteiger charge is 2.19. The number of halogens is 1. The zero-order valence-corrected chi connectivity index (χ0v) is 14.2. The minimum absolute atomic E-state index is 0.192. The van der Waals surface area contributed by atoms with Crippen LogP contribution in [0.1, 0.15) is 5.56 Å². The molecule has 3 rings (SSSR count). The fourth-order valence-electron chi connectivity index (χ4n) is 3.14. The predicted molar refractivity (Wildman–Crippen MR) is 93.4 cm³/mol. The Labute approximate surface area is 142 Å². The van der Waals surface area contributed by atoms with Crippen LogP contribution in [0.15, 0.2) is 42.5 Å². The molecule has 0 unspecified atom stereocenters. The molecular weight excluding hydrogens is 307 g/mol. The molecule has 1 aliphatic heterocycles. The number of benzene rings is 2. The standard InChI is InChI=1S/C19H23FN2O2/c1-23-18-5-3-4-15(19(18)24-2)14-21-10-12-22(13-11-21)17-8-6-16(20)7-9-17/h3-9H,10-14H2,1-2H3. The number of ether oxygens (including phenoxy) is 2. The van der Waals surface area contributed by atoms with Crippen molar-refractivity contribution in [3.63, 3.8) is 0 Å². The van der Waals surface area contributed by atoms with Crippen molar-refractivity contribution in [2.45, 2.75) is 6.54 Å². The summed E-state index contributed by atoms with van der Waals surface area (Å²) in [5, 5.41) is 0. The molecule has 0 radical (unpaired) electrons. The minimum atomic E-state index is -0.192. The minimum Gasteiger partial charge on any atom is -0.493 e. The highest BCUT2D eigenvalue weighted by atomic mass is 19.1. The van der Waals surface area contributed by atoms with Gasteiger partial charge in [0.2, 0.25) is 0 Å². The second-order valence-corrected chi connectivity index (χ2v) is 5.89. The third-order valence-electron chi connectivity index (χ3n) is 4.44. The maximum atomic E-state index is 13.0. The van der Waals surface area contributed by atoms with E-state index in [2.05, 4.69) is 15.9 Å². The second-order valence-electron chi connectivity index (χ2n) is 5.89. The average molecular weight is 330 g/mol. The molecule has 1 heterocycles. The number of rotatable bonds is 5. The Kier molecular flexibility index (Phi) is 5.20. The Morgan fingerprint density at radius 2 is 1.62 bits per heavy atom. The van der Waals surface area contributed by atoms with E-state index in [4.69, 9.17) is 9.47 Å². The molecule has 4 nitrogen and oxygen atoms in total. The number of para-hydroxylation sites is 1. The first-order chi connectivity index (χ1) is 11.7. The highest BCUT2D eigenvalue weighted by molar-refractivity contribution is 5.48. The van der Waals surface area contributed by atoms with Crippen molar-refractivity contribution in [3.05, 3.63) is 53.8 Å². The fourth-order valence-corrected chi connectivity index (χ4v) is 3.14. The average Bonchev–Trinajstić information content (AvgIpc) is 2.63. The van der Waals surface area contributed by atoms with Crippen molar-refractivity contribution in [2.75, 3.05) is 45.3 Å². The van der Waals surface area contributed by atoms with E-state index in [0.29, 0.717) is 0 Å². The smallest absolute Gasteiger partial charge is 0.165 e. The number of piperazine rings is 1. The molecule has 0 aliphatic carbocycles. The Morgan fingerprint density at radius 1 is 0.917 bits per heavy atom. The Balaban J connectivity index is 1.62. The van der Waals surface area contributed by atoms with Gasteiger partial charge in [0.1, 0.15) is 5.82 Å². The number of anilines is 1. The van der Waals surface area contributed by atoms with Gasteiger partial charge in [-0.2, -0.15) is 0 Å². The first-order valence-electron chi connectivity index (χ1n) is 8.14. The first-order valence-corrected chi connectivity index (χ1v) is 8.14. The van der Waals surface area contributed by atoms with Crippen molar-refractivity contribution in [1.29, 1.82) is 0 Å². The Bertz CT molecular complexity index is 668. The van der Waals surface area contributed by atoms with Crippen LogP contribution < -0.4 is 14.4 Å². The van der Waals surface area contributed by atoms with Gasteiger partial charge in [-0.1, -0.05) is 12.1 Å². The van der Waals surface area contributed by atoms with Gasteiger partial charge in [0, 0.05) is 44.0 Å². The lowest BCUT2D eigenvalue weighted by Crippen LogP contribution is -2.46. The summed E-state index contributed by atoms with van der Waals surface area (Å²) >= 11 is 0. The summed E-state index contributed by atoms with van der Waals surface area (Å²) in [6.07, 6.45) is 0. The first kappa shape index (κ1) is 16.6. The number of methoxy groups -OCH3 is 2.